The molecule has 0 saturated heterocycles. The second-order valence-corrected chi connectivity index (χ2v) is 6.75. The molecule has 1 amide bonds. The molecule has 0 N–H and O–H groups in total. The number of nitrogens with zero attached hydrogens (tertiary/aromatic N) is 1. The fraction of sp³-hybridized carbons (Fsp3) is 0.632. The van der Waals surface area contributed by atoms with Crippen LogP contribution in [0, 0.1) is 17.8 Å². The molecule has 0 spiro atoms. The van der Waals surface area contributed by atoms with Crippen molar-refractivity contribution in [1.29, 1.82) is 0 Å². The van der Waals surface area contributed by atoms with Gasteiger partial charge in [-0.15, -0.1) is 0 Å². The molecule has 2 saturated carbocycles. The van der Waals surface area contributed by atoms with Crippen LogP contribution in [0.4, 0.5) is 0 Å². The molecule has 3 aliphatic carbocycles. The lowest BCUT2D eigenvalue weighted by Gasteiger charge is -2.23. The number of rotatable bonds is 7. The molecule has 2 unspecified atom stereocenters. The average Bonchev–Trinajstić information content (AvgIpc) is 3.37. The van der Waals surface area contributed by atoms with Crippen molar-refractivity contribution in [2.24, 2.45) is 17.8 Å². The van der Waals surface area contributed by atoms with E-state index in [1.54, 1.807) is 0 Å². The van der Waals surface area contributed by atoms with Crippen LogP contribution in [-0.2, 0) is 4.79 Å². The lowest BCUT2D eigenvalue weighted by atomic mass is 10.1. The summed E-state index contributed by atoms with van der Waals surface area (Å²) in [6, 6.07) is 0. The van der Waals surface area contributed by atoms with Gasteiger partial charge < -0.3 is 4.90 Å². The zero-order chi connectivity index (χ0) is 14.7. The van der Waals surface area contributed by atoms with Gasteiger partial charge >= 0.3 is 0 Å². The van der Waals surface area contributed by atoms with E-state index in [2.05, 4.69) is 42.2 Å². The Morgan fingerprint density at radius 2 is 2.19 bits per heavy atom. The predicted molar refractivity (Wildman–Crippen MR) is 86.8 cm³/mol. The van der Waals surface area contributed by atoms with Crippen molar-refractivity contribution < 1.29 is 4.79 Å². The zero-order valence-electron chi connectivity index (χ0n) is 13.1. The summed E-state index contributed by atoms with van der Waals surface area (Å²) in [5.74, 6) is 2.16. The number of hydrogen-bond acceptors (Lipinski definition) is 1. The van der Waals surface area contributed by atoms with Crippen LogP contribution in [0.2, 0.25) is 0 Å². The molecule has 0 aromatic heterocycles. The lowest BCUT2D eigenvalue weighted by molar-refractivity contribution is -0.132. The summed E-state index contributed by atoms with van der Waals surface area (Å²) in [5.41, 5.74) is 1.46. The number of unbranched alkanes of at least 4 members (excludes halogenated alkanes) is 1. The topological polar surface area (TPSA) is 20.3 Å². The highest BCUT2D eigenvalue weighted by atomic mass is 16.2. The van der Waals surface area contributed by atoms with E-state index in [1.807, 2.05) is 0 Å². The van der Waals surface area contributed by atoms with Crippen molar-refractivity contribution in [3.63, 3.8) is 0 Å². The van der Waals surface area contributed by atoms with Gasteiger partial charge in [-0.3, -0.25) is 4.79 Å². The third kappa shape index (κ3) is 3.87. The Bertz CT molecular complexity index is 470. The Morgan fingerprint density at radius 3 is 2.95 bits per heavy atom. The van der Waals surface area contributed by atoms with Gasteiger partial charge in [0.25, 0.3) is 0 Å². The molecule has 3 rings (SSSR count). The summed E-state index contributed by atoms with van der Waals surface area (Å²) in [7, 11) is 0. The van der Waals surface area contributed by atoms with Gasteiger partial charge in [0.1, 0.15) is 0 Å². The van der Waals surface area contributed by atoms with Gasteiger partial charge in [-0.25, -0.2) is 0 Å². The van der Waals surface area contributed by atoms with Crippen LogP contribution < -0.4 is 0 Å². The Balaban J connectivity index is 1.55. The van der Waals surface area contributed by atoms with Crippen LogP contribution >= 0.6 is 0 Å². The first kappa shape index (κ1) is 14.6. The molecule has 114 valence electrons. The van der Waals surface area contributed by atoms with Crippen LogP contribution in [0.25, 0.3) is 0 Å². The zero-order valence-corrected chi connectivity index (χ0v) is 13.1. The van der Waals surface area contributed by atoms with Crippen molar-refractivity contribution in [3.8, 4) is 0 Å². The van der Waals surface area contributed by atoms with Gasteiger partial charge in [0.05, 0.1) is 0 Å². The molecule has 0 heterocycles. The molecule has 2 atom stereocenters. The monoisotopic (exact) mass is 285 g/mol. The molecule has 2 nitrogen and oxygen atoms in total. The molecular formula is C19H27NO. The molecule has 2 heteroatoms. The quantitative estimate of drug-likeness (QED) is 0.689. The number of amides is 1. The first-order valence-corrected chi connectivity index (χ1v) is 8.61. The van der Waals surface area contributed by atoms with Crippen molar-refractivity contribution in [2.75, 3.05) is 13.1 Å². The Hall–Kier alpha value is -1.31. The van der Waals surface area contributed by atoms with Gasteiger partial charge in [-0.1, -0.05) is 43.7 Å². The Kier molecular flexibility index (Phi) is 4.62. The molecule has 3 aliphatic rings. The molecule has 0 aromatic rings. The minimum Gasteiger partial charge on any atom is -0.342 e. The second-order valence-electron chi connectivity index (χ2n) is 6.75. The van der Waals surface area contributed by atoms with Crippen LogP contribution in [0.1, 0.15) is 45.4 Å². The van der Waals surface area contributed by atoms with E-state index < -0.39 is 0 Å². The Labute approximate surface area is 128 Å². The SMILES string of the molecule is CCCCN(CC1CC1C1=CC=CCC=C1)C(=O)C1CC1. The van der Waals surface area contributed by atoms with Crippen LogP contribution in [-0.4, -0.2) is 23.9 Å². The normalized spacial score (nSPS) is 27.2. The highest BCUT2D eigenvalue weighted by Gasteiger charge is 2.42. The molecule has 0 aliphatic heterocycles. The highest BCUT2D eigenvalue weighted by molar-refractivity contribution is 5.81. The van der Waals surface area contributed by atoms with Gasteiger partial charge in [-0.2, -0.15) is 0 Å². The predicted octanol–water partition coefficient (Wildman–Crippen LogP) is 4.10. The molecule has 21 heavy (non-hydrogen) atoms. The highest BCUT2D eigenvalue weighted by Crippen LogP contribution is 2.46. The summed E-state index contributed by atoms with van der Waals surface area (Å²) < 4.78 is 0. The first-order chi connectivity index (χ1) is 10.3. The largest absolute Gasteiger partial charge is 0.342 e. The summed E-state index contributed by atoms with van der Waals surface area (Å²) in [5, 5.41) is 0. The number of allylic oxidation sites excluding steroid dienone is 6. The van der Waals surface area contributed by atoms with E-state index in [-0.39, 0.29) is 0 Å². The van der Waals surface area contributed by atoms with E-state index in [4.69, 9.17) is 0 Å². The van der Waals surface area contributed by atoms with Crippen molar-refractivity contribution in [3.05, 3.63) is 36.0 Å². The van der Waals surface area contributed by atoms with Gasteiger partial charge in [0.15, 0.2) is 0 Å². The maximum atomic E-state index is 12.4. The van der Waals surface area contributed by atoms with E-state index in [1.165, 1.54) is 18.4 Å². The van der Waals surface area contributed by atoms with Gasteiger partial charge in [0.2, 0.25) is 5.91 Å². The van der Waals surface area contributed by atoms with Crippen molar-refractivity contribution >= 4 is 5.91 Å². The summed E-state index contributed by atoms with van der Waals surface area (Å²) >= 11 is 0. The van der Waals surface area contributed by atoms with E-state index >= 15 is 0 Å². The molecule has 0 radical (unpaired) electrons. The smallest absolute Gasteiger partial charge is 0.225 e. The van der Waals surface area contributed by atoms with E-state index in [9.17, 15) is 4.79 Å². The minimum atomic E-state index is 0.360. The molecular weight excluding hydrogens is 258 g/mol. The van der Waals surface area contributed by atoms with Crippen molar-refractivity contribution in [1.82, 2.24) is 4.90 Å². The van der Waals surface area contributed by atoms with Crippen LogP contribution in [0.15, 0.2) is 36.0 Å². The van der Waals surface area contributed by atoms with Crippen molar-refractivity contribution in [2.45, 2.75) is 45.4 Å². The fourth-order valence-corrected chi connectivity index (χ4v) is 3.21. The molecule has 0 aromatic carbocycles. The minimum absolute atomic E-state index is 0.360. The number of hydrogen-bond donors (Lipinski definition) is 0. The Morgan fingerprint density at radius 1 is 1.33 bits per heavy atom. The summed E-state index contributed by atoms with van der Waals surface area (Å²) in [4.78, 5) is 14.6. The van der Waals surface area contributed by atoms with Crippen LogP contribution in [0.3, 0.4) is 0 Å². The van der Waals surface area contributed by atoms with Gasteiger partial charge in [-0.05, 0) is 49.5 Å². The maximum absolute atomic E-state index is 12.4. The standard InChI is InChI=1S/C19H27NO/c1-2-3-12-20(19(21)16-10-11-16)14-17-13-18(17)15-8-6-4-5-7-9-15/h4,6-9,16-18H,2-3,5,10-14H2,1H3. The molecule has 0 bridgehead atoms. The van der Waals surface area contributed by atoms with Crippen LogP contribution in [0.5, 0.6) is 0 Å². The van der Waals surface area contributed by atoms with E-state index in [0.717, 1.165) is 38.8 Å². The number of carbonyl (C=O) groups is 1. The van der Waals surface area contributed by atoms with Gasteiger partial charge in [0, 0.05) is 19.0 Å². The average molecular weight is 285 g/mol. The fourth-order valence-electron chi connectivity index (χ4n) is 3.21. The third-order valence-electron chi connectivity index (χ3n) is 4.83. The molecule has 2 fully saturated rings. The summed E-state index contributed by atoms with van der Waals surface area (Å²) in [6.07, 6.45) is 18.0. The lowest BCUT2D eigenvalue weighted by Crippen LogP contribution is -2.35. The summed E-state index contributed by atoms with van der Waals surface area (Å²) in [6.45, 7) is 4.14. The second kappa shape index (κ2) is 6.64. The number of carbonyl (C=O) groups excluding carboxylic acids is 1. The van der Waals surface area contributed by atoms with E-state index in [0.29, 0.717) is 23.7 Å². The first-order valence-electron chi connectivity index (χ1n) is 8.61. The third-order valence-corrected chi connectivity index (χ3v) is 4.83. The maximum Gasteiger partial charge on any atom is 0.225 e.